The van der Waals surface area contributed by atoms with E-state index in [9.17, 15) is 24.0 Å². The van der Waals surface area contributed by atoms with Crippen LogP contribution < -0.4 is 21.1 Å². The summed E-state index contributed by atoms with van der Waals surface area (Å²) >= 11 is 13.2. The fraction of sp³-hybridized carbons (Fsp3) is 0.500. The Balaban J connectivity index is 0.00000972. The van der Waals surface area contributed by atoms with Crippen LogP contribution in [0.25, 0.3) is 0 Å². The van der Waals surface area contributed by atoms with Gasteiger partial charge in [-0.05, 0) is 34.8 Å². The Morgan fingerprint density at radius 1 is 1.06 bits per heavy atom. The van der Waals surface area contributed by atoms with Gasteiger partial charge in [-0.1, -0.05) is 88.7 Å². The molecule has 0 radical (unpaired) electrons. The number of ether oxygens (including phenoxy) is 4. The lowest BCUT2D eigenvalue weighted by atomic mass is 9.88. The van der Waals surface area contributed by atoms with Gasteiger partial charge in [-0.2, -0.15) is 0 Å². The van der Waals surface area contributed by atoms with Crippen LogP contribution in [0.1, 0.15) is 64.0 Å². The van der Waals surface area contributed by atoms with Gasteiger partial charge >= 0.3 is 17.9 Å². The molecular weight excluding hydrogens is 749 g/mol. The molecule has 2 amide bonds. The molecule has 1 aliphatic heterocycles. The average molecular weight is 799 g/mol. The number of carbonyl (C=O) groups is 5. The number of carbonyl (C=O) groups excluding carboxylic acids is 5. The summed E-state index contributed by atoms with van der Waals surface area (Å²) in [6.07, 6.45) is -0.490. The van der Waals surface area contributed by atoms with Crippen molar-refractivity contribution in [1.29, 1.82) is 0 Å². The first-order valence-corrected chi connectivity index (χ1v) is 17.9. The summed E-state index contributed by atoms with van der Waals surface area (Å²) < 4.78 is 22.7. The highest BCUT2D eigenvalue weighted by molar-refractivity contribution is 6.32. The Bertz CT molecular complexity index is 1590. The number of methoxy groups -OCH3 is 1. The monoisotopic (exact) mass is 797 g/mol. The van der Waals surface area contributed by atoms with Crippen LogP contribution in [0.4, 0.5) is 0 Å². The zero-order valence-electron chi connectivity index (χ0n) is 30.8. The number of hydrogen-bond donors (Lipinski definition) is 3. The van der Waals surface area contributed by atoms with E-state index in [4.69, 9.17) is 47.9 Å². The maximum Gasteiger partial charge on any atom is 0.347 e. The minimum atomic E-state index is -1.31. The SMILES string of the molecule is COc1ccc(C[C@H]2NC(=O)/C=C/C[C@@H]([C@H](C)[C@@H](OC(=O)CN)[C@@H](Cl)c3ccccc3)OC(=O)[C@H](CC(C)(C)C)OC(=O)[C@H](C)CNC2=O)cc1Cl.Cl. The smallest absolute Gasteiger partial charge is 0.347 e. The summed E-state index contributed by atoms with van der Waals surface area (Å²) in [5.74, 6) is -4.59. The van der Waals surface area contributed by atoms with Crippen molar-refractivity contribution in [3.8, 4) is 5.75 Å². The van der Waals surface area contributed by atoms with Gasteiger partial charge in [-0.3, -0.25) is 19.2 Å². The van der Waals surface area contributed by atoms with Crippen LogP contribution in [0.3, 0.4) is 0 Å². The van der Waals surface area contributed by atoms with Gasteiger partial charge in [-0.25, -0.2) is 4.79 Å². The van der Waals surface area contributed by atoms with Gasteiger partial charge in [0, 0.05) is 31.7 Å². The molecule has 292 valence electrons. The molecule has 0 fully saturated rings. The molecule has 2 aromatic carbocycles. The van der Waals surface area contributed by atoms with Gasteiger partial charge in [-0.15, -0.1) is 24.0 Å². The highest BCUT2D eigenvalue weighted by Gasteiger charge is 2.39. The zero-order valence-corrected chi connectivity index (χ0v) is 33.1. The number of nitrogens with one attached hydrogen (secondary N) is 2. The van der Waals surface area contributed by atoms with Crippen LogP contribution in [0.2, 0.25) is 5.02 Å². The zero-order chi connectivity index (χ0) is 38.6. The van der Waals surface area contributed by atoms with Crippen LogP contribution in [0.5, 0.6) is 5.75 Å². The third kappa shape index (κ3) is 14.1. The van der Waals surface area contributed by atoms with Gasteiger partial charge < -0.3 is 35.3 Å². The topological polar surface area (TPSA) is 172 Å². The van der Waals surface area contributed by atoms with Crippen LogP contribution in [-0.4, -0.2) is 74.3 Å². The Hall–Kier alpha value is -3.84. The number of esters is 3. The van der Waals surface area contributed by atoms with E-state index in [1.54, 1.807) is 56.3 Å². The number of alkyl halides is 1. The van der Waals surface area contributed by atoms with Crippen LogP contribution in [0.15, 0.2) is 60.7 Å². The standard InChI is InChI=1S/C38H49Cl2N3O9.ClH/c1-22-21-42-35(46)27(18-24-15-16-29(49-6)26(39)17-24)43-31(44)14-10-13-28(50-37(48)30(51-36(22)47)19-38(3,4)5)23(2)34(52-32(45)20-41)33(40)25-11-8-7-9-12-25;/h7-12,14-17,22-23,27-28,30,33-34H,13,18-21,41H2,1-6H3,(H,42,46)(H,43,44);1H/b14-10+;/t22-,23+,27-,28+,30+,33+,34-;/m1./s1. The largest absolute Gasteiger partial charge is 0.495 e. The Morgan fingerprint density at radius 3 is 2.34 bits per heavy atom. The van der Waals surface area contributed by atoms with Crippen molar-refractivity contribution in [2.75, 3.05) is 20.2 Å². The minimum Gasteiger partial charge on any atom is -0.495 e. The highest BCUT2D eigenvalue weighted by Crippen LogP contribution is 2.35. The molecule has 15 heteroatoms. The number of hydrogen-bond acceptors (Lipinski definition) is 10. The van der Waals surface area contributed by atoms with Crippen LogP contribution >= 0.6 is 35.6 Å². The summed E-state index contributed by atoms with van der Waals surface area (Å²) in [6, 6.07) is 12.9. The molecule has 0 aromatic heterocycles. The second-order valence-corrected chi connectivity index (χ2v) is 14.9. The molecule has 53 heavy (non-hydrogen) atoms. The number of amides is 2. The van der Waals surface area contributed by atoms with Gasteiger partial charge in [0.15, 0.2) is 6.10 Å². The maximum absolute atomic E-state index is 13.8. The molecule has 0 aliphatic carbocycles. The molecule has 4 N–H and O–H groups in total. The van der Waals surface area contributed by atoms with Crippen molar-refractivity contribution in [2.45, 2.75) is 83.6 Å². The van der Waals surface area contributed by atoms with Crippen LogP contribution in [0, 0.1) is 17.3 Å². The summed E-state index contributed by atoms with van der Waals surface area (Å²) in [4.78, 5) is 66.4. The minimum absolute atomic E-state index is 0. The van der Waals surface area contributed by atoms with Crippen molar-refractivity contribution >= 4 is 65.3 Å². The van der Waals surface area contributed by atoms with E-state index in [-0.39, 0.29) is 38.2 Å². The number of nitrogens with two attached hydrogens (primary N) is 1. The lowest BCUT2D eigenvalue weighted by molar-refractivity contribution is -0.179. The molecule has 2 aromatic rings. The summed E-state index contributed by atoms with van der Waals surface area (Å²) in [5, 5.41) is 4.89. The molecule has 12 nitrogen and oxygen atoms in total. The van der Waals surface area contributed by atoms with Gasteiger partial charge in [0.05, 0.1) is 30.0 Å². The van der Waals surface area contributed by atoms with Gasteiger partial charge in [0.25, 0.3) is 0 Å². The third-order valence-electron chi connectivity index (χ3n) is 8.44. The predicted molar refractivity (Wildman–Crippen MR) is 204 cm³/mol. The number of benzene rings is 2. The first-order chi connectivity index (χ1) is 24.5. The Kier molecular flexibility index (Phi) is 18.1. The first kappa shape index (κ1) is 45.3. The van der Waals surface area contributed by atoms with E-state index in [1.165, 1.54) is 19.3 Å². The second-order valence-electron chi connectivity index (χ2n) is 14.0. The van der Waals surface area contributed by atoms with Crippen molar-refractivity contribution in [3.63, 3.8) is 0 Å². The fourth-order valence-electron chi connectivity index (χ4n) is 5.52. The lowest BCUT2D eigenvalue weighted by Crippen LogP contribution is -2.49. The summed E-state index contributed by atoms with van der Waals surface area (Å²) in [6.45, 7) is 8.36. The van der Waals surface area contributed by atoms with Gasteiger partial charge in [0.2, 0.25) is 11.8 Å². The number of cyclic esters (lactones) is 2. The van der Waals surface area contributed by atoms with Crippen molar-refractivity contribution in [1.82, 2.24) is 10.6 Å². The molecule has 1 aliphatic rings. The molecule has 0 bridgehead atoms. The predicted octanol–water partition coefficient (Wildman–Crippen LogP) is 5.26. The molecule has 3 rings (SSSR count). The van der Waals surface area contributed by atoms with E-state index in [2.05, 4.69) is 10.6 Å². The number of rotatable bonds is 10. The van der Waals surface area contributed by atoms with Crippen LogP contribution in [-0.2, 0) is 44.6 Å². The van der Waals surface area contributed by atoms with E-state index in [0.717, 1.165) is 0 Å². The highest BCUT2D eigenvalue weighted by atomic mass is 35.5. The molecule has 7 atom stereocenters. The van der Waals surface area contributed by atoms with E-state index in [1.807, 2.05) is 26.8 Å². The fourth-order valence-corrected chi connectivity index (χ4v) is 6.23. The molecule has 0 unspecified atom stereocenters. The number of halogens is 3. The van der Waals surface area contributed by atoms with Gasteiger partial charge in [0.1, 0.15) is 24.0 Å². The second kappa shape index (κ2) is 21.2. The molecular formula is C38H50Cl3N3O9. The van der Waals surface area contributed by atoms with Crippen molar-refractivity contribution < 1.29 is 42.9 Å². The lowest BCUT2D eigenvalue weighted by Gasteiger charge is -2.34. The Labute approximate surface area is 327 Å². The van der Waals surface area contributed by atoms with E-state index < -0.39 is 83.2 Å². The Morgan fingerprint density at radius 2 is 1.74 bits per heavy atom. The molecule has 0 spiro atoms. The maximum atomic E-state index is 13.8. The third-order valence-corrected chi connectivity index (χ3v) is 9.24. The summed E-state index contributed by atoms with van der Waals surface area (Å²) in [5.41, 5.74) is 6.42. The van der Waals surface area contributed by atoms with Crippen molar-refractivity contribution in [2.24, 2.45) is 23.0 Å². The van der Waals surface area contributed by atoms with Crippen molar-refractivity contribution in [3.05, 3.63) is 76.8 Å². The quantitative estimate of drug-likeness (QED) is 0.164. The van der Waals surface area contributed by atoms with E-state index >= 15 is 0 Å². The average Bonchev–Trinajstić information content (AvgIpc) is 3.10. The summed E-state index contributed by atoms with van der Waals surface area (Å²) in [7, 11) is 1.48. The normalized spacial score (nSPS) is 22.7. The molecule has 0 saturated carbocycles. The van der Waals surface area contributed by atoms with E-state index in [0.29, 0.717) is 21.9 Å². The first-order valence-electron chi connectivity index (χ1n) is 17.1. The molecule has 1 heterocycles. The molecule has 0 saturated heterocycles.